The smallest absolute Gasteiger partial charge is 0.187 e. The molecule has 0 radical (unpaired) electrons. The molecule has 4 nitrogen and oxygen atoms in total. The van der Waals surface area contributed by atoms with Gasteiger partial charge in [0.15, 0.2) is 5.11 Å². The summed E-state index contributed by atoms with van der Waals surface area (Å²) in [6.07, 6.45) is 12.3. The standard InChI is InChI=1S/C13H15N3OS/c1-2-9-14-13(18)16-15-10-5-3-4-7-12-8-6-11-17-12/h2-8,10-11H,1,9H2,(H2,14,16,18)/b5-3+,7-4+,15-10+. The highest BCUT2D eigenvalue weighted by Crippen LogP contribution is 2.01. The van der Waals surface area contributed by atoms with Crippen molar-refractivity contribution in [2.45, 2.75) is 0 Å². The van der Waals surface area contributed by atoms with Crippen molar-refractivity contribution in [1.29, 1.82) is 0 Å². The van der Waals surface area contributed by atoms with Gasteiger partial charge in [0.2, 0.25) is 0 Å². The predicted molar refractivity (Wildman–Crippen MR) is 79.3 cm³/mol. The van der Waals surface area contributed by atoms with E-state index in [9.17, 15) is 0 Å². The van der Waals surface area contributed by atoms with Gasteiger partial charge in [-0.1, -0.05) is 18.2 Å². The van der Waals surface area contributed by atoms with E-state index in [2.05, 4.69) is 22.4 Å². The number of nitrogens with one attached hydrogen (secondary N) is 2. The number of thiocarbonyl (C=S) groups is 1. The molecule has 0 aliphatic carbocycles. The van der Waals surface area contributed by atoms with Crippen molar-refractivity contribution in [2.75, 3.05) is 6.54 Å². The van der Waals surface area contributed by atoms with Crippen molar-refractivity contribution in [3.63, 3.8) is 0 Å². The molecule has 0 spiro atoms. The second-order valence-electron chi connectivity index (χ2n) is 3.15. The van der Waals surface area contributed by atoms with Gasteiger partial charge in [-0.05, 0) is 36.5 Å². The van der Waals surface area contributed by atoms with Crippen LogP contribution in [-0.2, 0) is 0 Å². The quantitative estimate of drug-likeness (QED) is 0.271. The molecule has 0 aromatic carbocycles. The molecule has 94 valence electrons. The normalized spacial score (nSPS) is 11.3. The van der Waals surface area contributed by atoms with E-state index >= 15 is 0 Å². The molecule has 0 amide bonds. The molecule has 0 aliphatic heterocycles. The number of hydrogen-bond acceptors (Lipinski definition) is 3. The van der Waals surface area contributed by atoms with E-state index < -0.39 is 0 Å². The van der Waals surface area contributed by atoms with Crippen LogP contribution in [0.3, 0.4) is 0 Å². The molecule has 0 saturated carbocycles. The van der Waals surface area contributed by atoms with E-state index in [-0.39, 0.29) is 0 Å². The largest absolute Gasteiger partial charge is 0.465 e. The van der Waals surface area contributed by atoms with Crippen LogP contribution in [0.4, 0.5) is 0 Å². The Labute approximate surface area is 112 Å². The highest BCUT2D eigenvalue weighted by atomic mass is 32.1. The lowest BCUT2D eigenvalue weighted by atomic mass is 10.4. The first kappa shape index (κ1) is 13.9. The Bertz CT molecular complexity index is 447. The third-order valence-corrected chi connectivity index (χ3v) is 2.00. The van der Waals surface area contributed by atoms with Crippen LogP contribution in [0.1, 0.15) is 5.76 Å². The highest BCUT2D eigenvalue weighted by molar-refractivity contribution is 7.80. The Morgan fingerprint density at radius 3 is 3.06 bits per heavy atom. The number of furan rings is 1. The van der Waals surface area contributed by atoms with Gasteiger partial charge in [-0.2, -0.15) is 5.10 Å². The fourth-order valence-electron chi connectivity index (χ4n) is 0.994. The van der Waals surface area contributed by atoms with Crippen molar-refractivity contribution < 1.29 is 4.42 Å². The zero-order valence-electron chi connectivity index (χ0n) is 9.87. The SMILES string of the molecule is C=CCNC(=S)N/N=C/C=C/C=C/c1ccco1. The van der Waals surface area contributed by atoms with Crippen molar-refractivity contribution in [3.05, 3.63) is 55.0 Å². The highest BCUT2D eigenvalue weighted by Gasteiger charge is 1.86. The van der Waals surface area contributed by atoms with Crippen LogP contribution in [0.2, 0.25) is 0 Å². The second-order valence-corrected chi connectivity index (χ2v) is 3.56. The lowest BCUT2D eigenvalue weighted by Gasteiger charge is -2.01. The van der Waals surface area contributed by atoms with E-state index in [1.54, 1.807) is 24.6 Å². The van der Waals surface area contributed by atoms with Crippen molar-refractivity contribution in [2.24, 2.45) is 5.10 Å². The van der Waals surface area contributed by atoms with Crippen LogP contribution in [0.15, 0.2) is 58.8 Å². The summed E-state index contributed by atoms with van der Waals surface area (Å²) in [6, 6.07) is 3.72. The zero-order valence-corrected chi connectivity index (χ0v) is 10.7. The summed E-state index contributed by atoms with van der Waals surface area (Å²) in [7, 11) is 0. The molecule has 1 aromatic rings. The van der Waals surface area contributed by atoms with E-state index in [1.807, 2.05) is 30.4 Å². The van der Waals surface area contributed by atoms with Gasteiger partial charge in [0.1, 0.15) is 5.76 Å². The average molecular weight is 261 g/mol. The number of allylic oxidation sites excluding steroid dienone is 3. The lowest BCUT2D eigenvalue weighted by molar-refractivity contribution is 0.557. The molecule has 2 N–H and O–H groups in total. The number of hydrogen-bond donors (Lipinski definition) is 2. The molecule has 0 saturated heterocycles. The van der Waals surface area contributed by atoms with Crippen LogP contribution >= 0.6 is 12.2 Å². The maximum absolute atomic E-state index is 5.13. The molecular weight excluding hydrogens is 246 g/mol. The van der Waals surface area contributed by atoms with Gasteiger partial charge in [-0.25, -0.2) is 0 Å². The molecule has 0 unspecified atom stereocenters. The fraction of sp³-hybridized carbons (Fsp3) is 0.0769. The molecule has 0 aliphatic rings. The predicted octanol–water partition coefficient (Wildman–Crippen LogP) is 2.48. The van der Waals surface area contributed by atoms with E-state index in [0.29, 0.717) is 11.7 Å². The number of rotatable bonds is 6. The first-order chi connectivity index (χ1) is 8.83. The van der Waals surface area contributed by atoms with Crippen LogP contribution < -0.4 is 10.7 Å². The molecule has 0 bridgehead atoms. The number of hydrazone groups is 1. The Kier molecular flexibility index (Phi) is 6.92. The van der Waals surface area contributed by atoms with Crippen molar-refractivity contribution in [3.8, 4) is 0 Å². The first-order valence-electron chi connectivity index (χ1n) is 5.37. The first-order valence-corrected chi connectivity index (χ1v) is 5.78. The van der Waals surface area contributed by atoms with E-state index in [4.69, 9.17) is 16.6 Å². The zero-order chi connectivity index (χ0) is 13.1. The summed E-state index contributed by atoms with van der Waals surface area (Å²) in [5.41, 5.74) is 2.67. The Balaban J connectivity index is 2.19. The Hall–Kier alpha value is -2.14. The van der Waals surface area contributed by atoms with Crippen LogP contribution in [0.25, 0.3) is 6.08 Å². The van der Waals surface area contributed by atoms with Gasteiger partial charge in [0, 0.05) is 12.8 Å². The molecule has 0 fully saturated rings. The van der Waals surface area contributed by atoms with Gasteiger partial charge in [-0.15, -0.1) is 6.58 Å². The summed E-state index contributed by atoms with van der Waals surface area (Å²) >= 11 is 4.94. The second kappa shape index (κ2) is 8.95. The summed E-state index contributed by atoms with van der Waals surface area (Å²) in [6.45, 7) is 4.18. The van der Waals surface area contributed by atoms with Crippen LogP contribution in [0.5, 0.6) is 0 Å². The fourth-order valence-corrected chi connectivity index (χ4v) is 1.13. The molecule has 1 rings (SSSR count). The number of nitrogens with zero attached hydrogens (tertiary/aromatic N) is 1. The van der Waals surface area contributed by atoms with Crippen molar-refractivity contribution >= 4 is 29.6 Å². The monoisotopic (exact) mass is 261 g/mol. The van der Waals surface area contributed by atoms with Crippen LogP contribution in [0, 0.1) is 0 Å². The summed E-state index contributed by atoms with van der Waals surface area (Å²) in [4.78, 5) is 0. The third kappa shape index (κ3) is 6.44. The summed E-state index contributed by atoms with van der Waals surface area (Å²) < 4.78 is 5.13. The summed E-state index contributed by atoms with van der Waals surface area (Å²) in [5.74, 6) is 0.810. The molecular formula is C13H15N3OS. The summed E-state index contributed by atoms with van der Waals surface area (Å²) in [5, 5.41) is 7.26. The van der Waals surface area contributed by atoms with Gasteiger partial charge in [0.05, 0.1) is 6.26 Å². The van der Waals surface area contributed by atoms with Gasteiger partial charge >= 0.3 is 0 Å². The minimum absolute atomic E-state index is 0.464. The van der Waals surface area contributed by atoms with E-state index in [0.717, 1.165) is 5.76 Å². The van der Waals surface area contributed by atoms with Crippen molar-refractivity contribution in [1.82, 2.24) is 10.7 Å². The van der Waals surface area contributed by atoms with E-state index in [1.165, 1.54) is 0 Å². The average Bonchev–Trinajstić information content (AvgIpc) is 2.88. The minimum Gasteiger partial charge on any atom is -0.465 e. The Morgan fingerprint density at radius 1 is 1.44 bits per heavy atom. The molecule has 18 heavy (non-hydrogen) atoms. The topological polar surface area (TPSA) is 49.6 Å². The molecule has 1 heterocycles. The molecule has 0 atom stereocenters. The van der Waals surface area contributed by atoms with Gasteiger partial charge in [0.25, 0.3) is 0 Å². The van der Waals surface area contributed by atoms with Gasteiger partial charge in [-0.3, -0.25) is 5.43 Å². The van der Waals surface area contributed by atoms with Crippen LogP contribution in [-0.4, -0.2) is 17.9 Å². The lowest BCUT2D eigenvalue weighted by Crippen LogP contribution is -2.31. The maximum Gasteiger partial charge on any atom is 0.187 e. The molecule has 1 aromatic heterocycles. The van der Waals surface area contributed by atoms with Gasteiger partial charge < -0.3 is 9.73 Å². The maximum atomic E-state index is 5.13. The Morgan fingerprint density at radius 2 is 2.33 bits per heavy atom. The molecule has 5 heteroatoms. The minimum atomic E-state index is 0.464. The third-order valence-electron chi connectivity index (χ3n) is 1.76.